The van der Waals surface area contributed by atoms with Gasteiger partial charge in [-0.1, -0.05) is 0 Å². The Kier molecular flexibility index (Phi) is 6.07. The molecule has 31 heavy (non-hydrogen) atoms. The Morgan fingerprint density at radius 3 is 2.48 bits per heavy atom. The number of aromatic nitrogens is 4. The van der Waals surface area contributed by atoms with E-state index < -0.39 is 18.4 Å². The lowest BCUT2D eigenvalue weighted by atomic mass is 10.1. The fourth-order valence-corrected chi connectivity index (χ4v) is 3.69. The molecule has 166 valence electrons. The van der Waals surface area contributed by atoms with E-state index in [4.69, 9.17) is 18.9 Å². The predicted octanol–water partition coefficient (Wildman–Crippen LogP) is 1.10. The van der Waals surface area contributed by atoms with E-state index in [1.807, 2.05) is 12.1 Å². The van der Waals surface area contributed by atoms with Crippen molar-refractivity contribution in [2.75, 3.05) is 33.3 Å². The molecule has 2 aromatic heterocycles. The second-order valence-corrected chi connectivity index (χ2v) is 7.07. The van der Waals surface area contributed by atoms with Crippen LogP contribution in [0.4, 0.5) is 5.82 Å². The molecule has 0 spiro atoms. The summed E-state index contributed by atoms with van der Waals surface area (Å²) >= 11 is 0. The number of aliphatic hydroxyl groups is 2. The maximum absolute atomic E-state index is 10.3. The zero-order valence-corrected chi connectivity index (χ0v) is 17.5. The minimum Gasteiger partial charge on any atom is -0.493 e. The fraction of sp³-hybridized carbons (Fsp3) is 0.450. The highest BCUT2D eigenvalue weighted by Gasteiger charge is 2.36. The quantitative estimate of drug-likeness (QED) is 0.476. The van der Waals surface area contributed by atoms with Gasteiger partial charge in [0.25, 0.3) is 0 Å². The normalized spacial score (nSPS) is 20.7. The molecule has 0 radical (unpaired) electrons. The maximum Gasteiger partial charge on any atom is 0.203 e. The largest absolute Gasteiger partial charge is 0.493 e. The highest BCUT2D eigenvalue weighted by atomic mass is 16.5. The van der Waals surface area contributed by atoms with E-state index in [-0.39, 0.29) is 6.61 Å². The Morgan fingerprint density at radius 2 is 1.87 bits per heavy atom. The molecule has 1 saturated heterocycles. The summed E-state index contributed by atoms with van der Waals surface area (Å²) in [7, 11) is 4.69. The third-order valence-corrected chi connectivity index (χ3v) is 5.19. The summed E-state index contributed by atoms with van der Waals surface area (Å²) < 4.78 is 23.5. The summed E-state index contributed by atoms with van der Waals surface area (Å²) in [5, 5.41) is 22.9. The third kappa shape index (κ3) is 3.94. The van der Waals surface area contributed by atoms with Gasteiger partial charge in [-0.05, 0) is 17.7 Å². The number of hydrogen-bond donors (Lipinski definition) is 3. The lowest BCUT2D eigenvalue weighted by Gasteiger charge is -2.16. The number of benzene rings is 1. The second kappa shape index (κ2) is 8.92. The summed E-state index contributed by atoms with van der Waals surface area (Å²) in [5.74, 6) is 2.17. The molecule has 3 aromatic rings. The molecular weight excluding hydrogens is 406 g/mol. The number of hydrogen-bond acceptors (Lipinski definition) is 10. The topological polar surface area (TPSA) is 133 Å². The van der Waals surface area contributed by atoms with Gasteiger partial charge in [-0.25, -0.2) is 15.0 Å². The number of aliphatic hydroxyl groups excluding tert-OH is 2. The summed E-state index contributed by atoms with van der Waals surface area (Å²) in [6.07, 6.45) is 1.47. The number of rotatable bonds is 8. The number of ether oxygens (including phenoxy) is 4. The van der Waals surface area contributed by atoms with E-state index >= 15 is 0 Å². The van der Waals surface area contributed by atoms with Crippen LogP contribution in [-0.2, 0) is 11.3 Å². The van der Waals surface area contributed by atoms with Crippen molar-refractivity contribution in [3.63, 3.8) is 0 Å². The van der Waals surface area contributed by atoms with Crippen molar-refractivity contribution in [2.45, 2.75) is 31.4 Å². The highest BCUT2D eigenvalue weighted by Crippen LogP contribution is 2.38. The van der Waals surface area contributed by atoms with Crippen molar-refractivity contribution in [1.29, 1.82) is 0 Å². The van der Waals surface area contributed by atoms with Gasteiger partial charge in [-0.15, -0.1) is 0 Å². The van der Waals surface area contributed by atoms with Crippen LogP contribution in [0.2, 0.25) is 0 Å². The number of imidazole rings is 1. The molecule has 0 amide bonds. The monoisotopic (exact) mass is 431 g/mol. The number of fused-ring (bicyclic) bond motifs is 1. The first kappa shape index (κ1) is 21.1. The van der Waals surface area contributed by atoms with E-state index in [9.17, 15) is 10.2 Å². The Morgan fingerprint density at radius 1 is 1.13 bits per heavy atom. The summed E-state index contributed by atoms with van der Waals surface area (Å²) in [6.45, 7) is 0.265. The van der Waals surface area contributed by atoms with Crippen LogP contribution in [0, 0.1) is 0 Å². The standard InChI is InChI=1S/C20H25N5O6/c1-28-14-4-11(5-15(29-2)17(14)30-3)7-21-18-16-19(23-9-22-18)25(10-24-16)20-13(27)6-12(8-26)31-20/h4-5,9-10,12-13,20,26-27H,6-8H2,1-3H3,(H,21,22,23). The summed E-state index contributed by atoms with van der Waals surface area (Å²) in [5.41, 5.74) is 1.95. The first-order valence-electron chi connectivity index (χ1n) is 9.74. The Labute approximate surface area is 178 Å². The van der Waals surface area contributed by atoms with E-state index in [1.165, 1.54) is 6.33 Å². The zero-order valence-electron chi connectivity index (χ0n) is 17.5. The van der Waals surface area contributed by atoms with Gasteiger partial charge in [0.1, 0.15) is 12.4 Å². The van der Waals surface area contributed by atoms with Gasteiger partial charge >= 0.3 is 0 Å². The van der Waals surface area contributed by atoms with Crippen LogP contribution in [0.5, 0.6) is 17.2 Å². The van der Waals surface area contributed by atoms with Crippen molar-refractivity contribution < 1.29 is 29.2 Å². The minimum atomic E-state index is -0.764. The molecule has 1 fully saturated rings. The SMILES string of the molecule is COc1cc(CNc2ncnc3c2ncn3C2OC(CO)CC2O)cc(OC)c1OC. The average molecular weight is 431 g/mol. The lowest BCUT2D eigenvalue weighted by molar-refractivity contribution is -0.0486. The molecule has 3 unspecified atom stereocenters. The Balaban J connectivity index is 1.59. The number of methoxy groups -OCH3 is 3. The van der Waals surface area contributed by atoms with Crippen LogP contribution in [0.15, 0.2) is 24.8 Å². The van der Waals surface area contributed by atoms with Crippen molar-refractivity contribution in [2.24, 2.45) is 0 Å². The minimum absolute atomic E-state index is 0.156. The third-order valence-electron chi connectivity index (χ3n) is 5.19. The van der Waals surface area contributed by atoms with Gasteiger partial charge in [0, 0.05) is 13.0 Å². The van der Waals surface area contributed by atoms with Crippen LogP contribution in [0.1, 0.15) is 18.2 Å². The molecule has 1 aromatic carbocycles. The van der Waals surface area contributed by atoms with Crippen molar-refractivity contribution in [3.05, 3.63) is 30.4 Å². The second-order valence-electron chi connectivity index (χ2n) is 7.07. The van der Waals surface area contributed by atoms with Gasteiger partial charge < -0.3 is 34.5 Å². The number of nitrogens with zero attached hydrogens (tertiary/aromatic N) is 4. The number of nitrogens with one attached hydrogen (secondary N) is 1. The van der Waals surface area contributed by atoms with Crippen LogP contribution in [0.3, 0.4) is 0 Å². The zero-order chi connectivity index (χ0) is 22.0. The molecule has 3 atom stereocenters. The summed E-state index contributed by atoms with van der Waals surface area (Å²) in [6, 6.07) is 3.70. The predicted molar refractivity (Wildman–Crippen MR) is 110 cm³/mol. The maximum atomic E-state index is 10.3. The molecule has 0 bridgehead atoms. The molecule has 1 aliphatic heterocycles. The molecule has 0 aliphatic carbocycles. The van der Waals surface area contributed by atoms with Gasteiger partial charge in [-0.2, -0.15) is 0 Å². The van der Waals surface area contributed by atoms with Gasteiger partial charge in [0.15, 0.2) is 34.7 Å². The van der Waals surface area contributed by atoms with Crippen LogP contribution in [0.25, 0.3) is 11.2 Å². The first-order chi connectivity index (χ1) is 15.1. The fourth-order valence-electron chi connectivity index (χ4n) is 3.69. The average Bonchev–Trinajstić information content (AvgIpc) is 3.39. The van der Waals surface area contributed by atoms with E-state index in [0.29, 0.717) is 47.2 Å². The Hall–Kier alpha value is -3.15. The molecule has 1 aliphatic rings. The lowest BCUT2D eigenvalue weighted by Crippen LogP contribution is -2.19. The molecule has 0 saturated carbocycles. The van der Waals surface area contributed by atoms with Crippen LogP contribution in [-0.4, -0.2) is 69.9 Å². The van der Waals surface area contributed by atoms with Crippen molar-refractivity contribution in [1.82, 2.24) is 19.5 Å². The summed E-state index contributed by atoms with van der Waals surface area (Å²) in [4.78, 5) is 13.0. The van der Waals surface area contributed by atoms with Gasteiger partial charge in [0.2, 0.25) is 5.75 Å². The van der Waals surface area contributed by atoms with Crippen molar-refractivity contribution in [3.8, 4) is 17.2 Å². The molecular formula is C20H25N5O6. The van der Waals surface area contributed by atoms with Crippen molar-refractivity contribution >= 4 is 17.0 Å². The number of anilines is 1. The smallest absolute Gasteiger partial charge is 0.203 e. The van der Waals surface area contributed by atoms with Crippen LogP contribution < -0.4 is 19.5 Å². The van der Waals surface area contributed by atoms with Gasteiger partial charge in [-0.3, -0.25) is 4.57 Å². The first-order valence-corrected chi connectivity index (χ1v) is 9.74. The molecule has 11 heteroatoms. The van der Waals surface area contributed by atoms with Crippen LogP contribution >= 0.6 is 0 Å². The Bertz CT molecular complexity index is 1030. The molecule has 3 heterocycles. The van der Waals surface area contributed by atoms with Gasteiger partial charge in [0.05, 0.1) is 40.4 Å². The van der Waals surface area contributed by atoms with E-state index in [1.54, 1.807) is 32.2 Å². The van der Waals surface area contributed by atoms with E-state index in [0.717, 1.165) is 5.56 Å². The molecule has 3 N–H and O–H groups in total. The molecule has 11 nitrogen and oxygen atoms in total. The van der Waals surface area contributed by atoms with E-state index in [2.05, 4.69) is 20.3 Å². The molecule has 4 rings (SSSR count). The highest BCUT2D eigenvalue weighted by molar-refractivity contribution is 5.82.